The van der Waals surface area contributed by atoms with Crippen LogP contribution in [0.2, 0.25) is 0 Å². The Morgan fingerprint density at radius 1 is 0.950 bits per heavy atom. The van der Waals surface area contributed by atoms with Gasteiger partial charge in [-0.05, 0) is 73.6 Å². The Morgan fingerprint density at radius 2 is 1.70 bits per heavy atom. The summed E-state index contributed by atoms with van der Waals surface area (Å²) in [5, 5.41) is 0. The molecule has 1 aromatic carbocycles. The molecule has 0 N–H and O–H groups in total. The Morgan fingerprint density at radius 3 is 2.50 bits per heavy atom. The van der Waals surface area contributed by atoms with Crippen LogP contribution < -0.4 is 4.74 Å². The van der Waals surface area contributed by atoms with Gasteiger partial charge in [0.05, 0.1) is 6.61 Å². The van der Waals surface area contributed by atoms with Crippen LogP contribution in [-0.2, 0) is 12.8 Å². The third-order valence-corrected chi connectivity index (χ3v) is 5.35. The molecule has 1 aromatic rings. The smallest absolute Gasteiger partial charge is 0.119 e. The molecule has 0 saturated heterocycles. The van der Waals surface area contributed by atoms with Crippen molar-refractivity contribution in [2.24, 2.45) is 5.41 Å². The number of ether oxygens (including phenoxy) is 1. The summed E-state index contributed by atoms with van der Waals surface area (Å²) >= 11 is 0. The summed E-state index contributed by atoms with van der Waals surface area (Å²) in [5.74, 6) is 1.09. The lowest BCUT2D eigenvalue weighted by Crippen LogP contribution is -2.22. The van der Waals surface area contributed by atoms with Crippen LogP contribution in [0, 0.1) is 5.41 Å². The molecule has 0 unspecified atom stereocenters. The predicted octanol–water partition coefficient (Wildman–Crippen LogP) is 5.30. The van der Waals surface area contributed by atoms with Gasteiger partial charge in [-0.1, -0.05) is 32.3 Å². The minimum Gasteiger partial charge on any atom is -0.494 e. The molecule has 0 aliphatic heterocycles. The van der Waals surface area contributed by atoms with Gasteiger partial charge >= 0.3 is 0 Å². The molecule has 0 aromatic heterocycles. The third kappa shape index (κ3) is 3.37. The molecule has 110 valence electrons. The average molecular weight is 272 g/mol. The quantitative estimate of drug-likeness (QED) is 0.722. The van der Waals surface area contributed by atoms with Gasteiger partial charge in [-0.3, -0.25) is 0 Å². The van der Waals surface area contributed by atoms with E-state index < -0.39 is 0 Å². The van der Waals surface area contributed by atoms with Crippen molar-refractivity contribution in [3.63, 3.8) is 0 Å². The average Bonchev–Trinajstić information content (AvgIpc) is 2.48. The van der Waals surface area contributed by atoms with Crippen molar-refractivity contribution in [1.29, 1.82) is 0 Å². The van der Waals surface area contributed by atoms with Gasteiger partial charge in [0.25, 0.3) is 0 Å². The first-order valence-corrected chi connectivity index (χ1v) is 8.50. The van der Waals surface area contributed by atoms with Gasteiger partial charge in [0.2, 0.25) is 0 Å². The molecule has 20 heavy (non-hydrogen) atoms. The Kier molecular flexibility index (Phi) is 4.33. The Bertz CT molecular complexity index is 443. The molecule has 0 heterocycles. The van der Waals surface area contributed by atoms with E-state index in [4.69, 9.17) is 4.74 Å². The van der Waals surface area contributed by atoms with E-state index in [1.54, 1.807) is 5.56 Å². The number of aryl methyl sites for hydroxylation is 2. The molecule has 2 aliphatic carbocycles. The summed E-state index contributed by atoms with van der Waals surface area (Å²) in [6.45, 7) is 3.33. The fourth-order valence-corrected chi connectivity index (χ4v) is 3.87. The van der Waals surface area contributed by atoms with Crippen LogP contribution >= 0.6 is 0 Å². The highest BCUT2D eigenvalue weighted by Gasteiger charge is 2.26. The fraction of sp³-hybridized carbons (Fsp3) is 0.684. The van der Waals surface area contributed by atoms with Crippen molar-refractivity contribution in [2.45, 2.75) is 71.1 Å². The second-order valence-electron chi connectivity index (χ2n) is 7.11. The van der Waals surface area contributed by atoms with E-state index in [1.807, 2.05) is 0 Å². The van der Waals surface area contributed by atoms with Gasteiger partial charge in [0.15, 0.2) is 0 Å². The first kappa shape index (κ1) is 14.0. The minimum atomic E-state index is 0.534. The summed E-state index contributed by atoms with van der Waals surface area (Å²) in [6.07, 6.45) is 13.4. The van der Waals surface area contributed by atoms with E-state index in [0.29, 0.717) is 5.41 Å². The molecule has 1 fully saturated rings. The van der Waals surface area contributed by atoms with Crippen molar-refractivity contribution in [3.05, 3.63) is 29.3 Å². The summed E-state index contributed by atoms with van der Waals surface area (Å²) in [5.41, 5.74) is 3.60. The van der Waals surface area contributed by atoms with E-state index in [-0.39, 0.29) is 0 Å². The molecule has 0 amide bonds. The molecule has 1 saturated carbocycles. The van der Waals surface area contributed by atoms with Gasteiger partial charge in [-0.25, -0.2) is 0 Å². The molecular formula is C19H28O. The Balaban J connectivity index is 1.53. The number of benzene rings is 1. The summed E-state index contributed by atoms with van der Waals surface area (Å²) in [6, 6.07) is 6.75. The lowest BCUT2D eigenvalue weighted by atomic mass is 9.74. The molecule has 3 rings (SSSR count). The summed E-state index contributed by atoms with van der Waals surface area (Å²) < 4.78 is 6.04. The highest BCUT2D eigenvalue weighted by molar-refractivity contribution is 5.37. The van der Waals surface area contributed by atoms with Crippen LogP contribution in [0.3, 0.4) is 0 Å². The molecule has 2 aliphatic rings. The van der Waals surface area contributed by atoms with E-state index >= 15 is 0 Å². The second-order valence-corrected chi connectivity index (χ2v) is 7.11. The molecule has 0 atom stereocenters. The predicted molar refractivity (Wildman–Crippen MR) is 84.4 cm³/mol. The van der Waals surface area contributed by atoms with E-state index in [0.717, 1.165) is 12.4 Å². The van der Waals surface area contributed by atoms with Gasteiger partial charge in [0, 0.05) is 0 Å². The second kappa shape index (κ2) is 6.20. The van der Waals surface area contributed by atoms with Crippen molar-refractivity contribution < 1.29 is 4.74 Å². The zero-order chi connectivity index (χ0) is 13.8. The zero-order valence-corrected chi connectivity index (χ0v) is 12.9. The van der Waals surface area contributed by atoms with Crippen LogP contribution in [-0.4, -0.2) is 6.61 Å². The molecular weight excluding hydrogens is 244 g/mol. The molecule has 0 bridgehead atoms. The minimum absolute atomic E-state index is 0.534. The first-order chi connectivity index (χ1) is 9.75. The highest BCUT2D eigenvalue weighted by atomic mass is 16.5. The van der Waals surface area contributed by atoms with E-state index in [1.165, 1.54) is 69.8 Å². The maximum absolute atomic E-state index is 6.04. The number of rotatable bonds is 4. The highest BCUT2D eigenvalue weighted by Crippen LogP contribution is 2.38. The maximum Gasteiger partial charge on any atom is 0.119 e. The fourth-order valence-electron chi connectivity index (χ4n) is 3.87. The molecule has 0 spiro atoms. The number of hydrogen-bond acceptors (Lipinski definition) is 1. The third-order valence-electron chi connectivity index (χ3n) is 5.35. The van der Waals surface area contributed by atoms with Gasteiger partial charge in [-0.2, -0.15) is 0 Å². The van der Waals surface area contributed by atoms with Crippen molar-refractivity contribution in [1.82, 2.24) is 0 Å². The first-order valence-electron chi connectivity index (χ1n) is 8.50. The van der Waals surface area contributed by atoms with Crippen LogP contribution in [0.1, 0.15) is 69.4 Å². The van der Waals surface area contributed by atoms with Crippen molar-refractivity contribution in [3.8, 4) is 5.75 Å². The van der Waals surface area contributed by atoms with E-state index in [9.17, 15) is 0 Å². The lowest BCUT2D eigenvalue weighted by Gasteiger charge is -2.33. The topological polar surface area (TPSA) is 9.23 Å². The lowest BCUT2D eigenvalue weighted by molar-refractivity contribution is 0.157. The normalized spacial score (nSPS) is 21.2. The van der Waals surface area contributed by atoms with Crippen molar-refractivity contribution >= 4 is 0 Å². The van der Waals surface area contributed by atoms with Crippen molar-refractivity contribution in [2.75, 3.05) is 6.61 Å². The van der Waals surface area contributed by atoms with Crippen LogP contribution in [0.5, 0.6) is 5.75 Å². The zero-order valence-electron chi connectivity index (χ0n) is 12.9. The van der Waals surface area contributed by atoms with E-state index in [2.05, 4.69) is 25.1 Å². The van der Waals surface area contributed by atoms with Crippen LogP contribution in [0.15, 0.2) is 18.2 Å². The van der Waals surface area contributed by atoms with Gasteiger partial charge < -0.3 is 4.74 Å². The number of hydrogen-bond donors (Lipinski definition) is 0. The molecule has 0 radical (unpaired) electrons. The van der Waals surface area contributed by atoms with Crippen LogP contribution in [0.25, 0.3) is 0 Å². The van der Waals surface area contributed by atoms with Gasteiger partial charge in [0.1, 0.15) is 5.75 Å². The standard InChI is InChI=1S/C19H28O/c1-19(11-5-2-6-12-19)13-14-20-18-10-9-16-7-3-4-8-17(16)15-18/h9-10,15H,2-8,11-14H2,1H3. The monoisotopic (exact) mass is 272 g/mol. The Hall–Kier alpha value is -0.980. The molecule has 1 heteroatoms. The van der Waals surface area contributed by atoms with Gasteiger partial charge in [-0.15, -0.1) is 0 Å². The van der Waals surface area contributed by atoms with Crippen LogP contribution in [0.4, 0.5) is 0 Å². The largest absolute Gasteiger partial charge is 0.494 e. The summed E-state index contributed by atoms with van der Waals surface area (Å²) in [4.78, 5) is 0. The SMILES string of the molecule is CC1(CCOc2ccc3c(c2)CCCC3)CCCCC1. The maximum atomic E-state index is 6.04. The molecule has 1 nitrogen and oxygen atoms in total. The number of fused-ring (bicyclic) bond motifs is 1. The Labute approximate surface area is 123 Å². The summed E-state index contributed by atoms with van der Waals surface area (Å²) in [7, 11) is 0.